The molecule has 2 aromatic rings. The molecule has 0 saturated heterocycles. The number of halogens is 5. The van der Waals surface area contributed by atoms with Crippen molar-refractivity contribution in [3.63, 3.8) is 0 Å². The van der Waals surface area contributed by atoms with E-state index in [0.717, 1.165) is 12.1 Å². The third kappa shape index (κ3) is 6.61. The molecule has 5 N–H and O–H groups in total. The molecule has 154 valence electrons. The molecule has 1 amide bonds. The number of amides is 1. The van der Waals surface area contributed by atoms with Crippen LogP contribution in [0.1, 0.15) is 22.8 Å². The summed E-state index contributed by atoms with van der Waals surface area (Å²) >= 11 is 11.5. The maximum Gasteiger partial charge on any atom is 0.416 e. The zero-order valence-corrected chi connectivity index (χ0v) is 16.3. The molecule has 0 aliphatic carbocycles. The second-order valence-corrected chi connectivity index (χ2v) is 6.64. The molecule has 0 radical (unpaired) electrons. The van der Waals surface area contributed by atoms with Crippen molar-refractivity contribution in [3.8, 4) is 0 Å². The number of carbonyl (C=O) groups excluding carboxylic acids is 1. The third-order valence-corrected chi connectivity index (χ3v) is 3.85. The summed E-state index contributed by atoms with van der Waals surface area (Å²) in [6.07, 6.45) is -3.31. The largest absolute Gasteiger partial charge is 0.416 e. The van der Waals surface area contributed by atoms with Crippen LogP contribution in [0.3, 0.4) is 0 Å². The number of nitrogens with two attached hydrogens (primary N) is 2. The number of guanidine groups is 1. The highest BCUT2D eigenvalue weighted by Gasteiger charge is 2.32. The summed E-state index contributed by atoms with van der Waals surface area (Å²) in [5.41, 5.74) is 9.44. The van der Waals surface area contributed by atoms with E-state index in [-0.39, 0.29) is 28.2 Å². The average Bonchev–Trinajstić information content (AvgIpc) is 2.61. The summed E-state index contributed by atoms with van der Waals surface area (Å²) in [5.74, 6) is -0.974. The van der Waals surface area contributed by atoms with Crippen LogP contribution in [0.4, 0.5) is 19.0 Å². The fourth-order valence-corrected chi connectivity index (χ4v) is 2.48. The van der Waals surface area contributed by atoms with Crippen molar-refractivity contribution in [1.82, 2.24) is 10.3 Å². The second-order valence-electron chi connectivity index (χ2n) is 5.76. The Hall–Kier alpha value is -2.85. The smallest absolute Gasteiger partial charge is 0.370 e. The maximum absolute atomic E-state index is 12.9. The van der Waals surface area contributed by atoms with Gasteiger partial charge in [0.1, 0.15) is 0 Å². The lowest BCUT2D eigenvalue weighted by Crippen LogP contribution is -2.39. The van der Waals surface area contributed by atoms with Crippen LogP contribution in [0, 0.1) is 0 Å². The lowest BCUT2D eigenvalue weighted by atomic mass is 10.1. The van der Waals surface area contributed by atoms with E-state index in [1.807, 2.05) is 0 Å². The Morgan fingerprint density at radius 1 is 1.17 bits per heavy atom. The first-order valence-electron chi connectivity index (χ1n) is 7.94. The number of nitrogens with one attached hydrogen (secondary N) is 1. The third-order valence-electron chi connectivity index (χ3n) is 3.41. The van der Waals surface area contributed by atoms with Crippen molar-refractivity contribution < 1.29 is 18.0 Å². The highest BCUT2D eigenvalue weighted by Crippen LogP contribution is 2.31. The van der Waals surface area contributed by atoms with Crippen LogP contribution in [-0.4, -0.2) is 28.7 Å². The Morgan fingerprint density at radius 3 is 2.41 bits per heavy atom. The van der Waals surface area contributed by atoms with Gasteiger partial charge in [-0.2, -0.15) is 18.2 Å². The van der Waals surface area contributed by atoms with Gasteiger partial charge in [0, 0.05) is 16.8 Å². The number of carbonyl (C=O) groups is 1. The number of rotatable bonds is 4. The predicted molar refractivity (Wildman–Crippen MR) is 106 cm³/mol. The van der Waals surface area contributed by atoms with Crippen molar-refractivity contribution in [2.24, 2.45) is 21.5 Å². The van der Waals surface area contributed by atoms with Crippen LogP contribution in [0.5, 0.6) is 0 Å². The van der Waals surface area contributed by atoms with Gasteiger partial charge in [0.2, 0.25) is 0 Å². The molecule has 1 unspecified atom stereocenters. The monoisotopic (exact) mass is 446 g/mol. The number of nitrogens with zero attached hydrogens (tertiary/aromatic N) is 3. The summed E-state index contributed by atoms with van der Waals surface area (Å²) in [4.78, 5) is 24.4. The van der Waals surface area contributed by atoms with E-state index >= 15 is 0 Å². The fourth-order valence-electron chi connectivity index (χ4n) is 2.13. The molecule has 0 aliphatic heterocycles. The molecule has 2 rings (SSSR count). The van der Waals surface area contributed by atoms with Crippen molar-refractivity contribution >= 4 is 46.7 Å². The van der Waals surface area contributed by atoms with Crippen LogP contribution in [0.2, 0.25) is 10.0 Å². The number of alkyl halides is 3. The molecular formula is C17H15Cl2F3N6O. The van der Waals surface area contributed by atoms with Crippen molar-refractivity contribution in [1.29, 1.82) is 0 Å². The Morgan fingerprint density at radius 2 is 1.86 bits per heavy atom. The molecule has 1 heterocycles. The van der Waals surface area contributed by atoms with Crippen LogP contribution in [0.15, 0.2) is 46.5 Å². The summed E-state index contributed by atoms with van der Waals surface area (Å²) in [6.45, 7) is 1.49. The highest BCUT2D eigenvalue weighted by molar-refractivity contribution is 6.31. The summed E-state index contributed by atoms with van der Waals surface area (Å²) in [7, 11) is 0. The van der Waals surface area contributed by atoms with Gasteiger partial charge in [0.05, 0.1) is 16.6 Å². The summed E-state index contributed by atoms with van der Waals surface area (Å²) in [6, 6.07) is 4.67. The van der Waals surface area contributed by atoms with Gasteiger partial charge in [-0.05, 0) is 37.3 Å². The minimum atomic E-state index is -4.66. The van der Waals surface area contributed by atoms with Gasteiger partial charge in [-0.15, -0.1) is 0 Å². The Balaban J connectivity index is 2.30. The lowest BCUT2D eigenvalue weighted by Gasteiger charge is -2.15. The molecule has 29 heavy (non-hydrogen) atoms. The molecule has 0 bridgehead atoms. The van der Waals surface area contributed by atoms with E-state index in [4.69, 9.17) is 34.7 Å². The zero-order chi connectivity index (χ0) is 21.8. The van der Waals surface area contributed by atoms with Crippen molar-refractivity contribution in [2.45, 2.75) is 19.1 Å². The number of amidine groups is 1. The van der Waals surface area contributed by atoms with Gasteiger partial charge in [-0.3, -0.25) is 4.79 Å². The van der Waals surface area contributed by atoms with Gasteiger partial charge in [-0.1, -0.05) is 23.2 Å². The minimum Gasteiger partial charge on any atom is -0.370 e. The van der Waals surface area contributed by atoms with Gasteiger partial charge in [-0.25, -0.2) is 9.98 Å². The molecule has 1 aromatic heterocycles. The Labute approximate surface area is 173 Å². The number of pyridine rings is 1. The predicted octanol–water partition coefficient (Wildman–Crippen LogP) is 3.53. The number of hydrogen-bond acceptors (Lipinski definition) is 3. The van der Waals surface area contributed by atoms with E-state index in [1.165, 1.54) is 25.3 Å². The van der Waals surface area contributed by atoms with Crippen LogP contribution >= 0.6 is 23.2 Å². The second kappa shape index (κ2) is 9.10. The lowest BCUT2D eigenvalue weighted by molar-refractivity contribution is -0.137. The quantitative estimate of drug-likeness (QED) is 0.491. The van der Waals surface area contributed by atoms with Crippen molar-refractivity contribution in [3.05, 3.63) is 57.7 Å². The van der Waals surface area contributed by atoms with Crippen LogP contribution < -0.4 is 16.8 Å². The zero-order valence-electron chi connectivity index (χ0n) is 14.8. The number of aliphatic imine (C=N–C) groups is 2. The SMILES string of the molecule is CC(NC(=O)c1cc(Cl)cc(C(F)(F)F)c1)C(N=C(N)N)=Nc1ccc(Cl)cn1. The summed E-state index contributed by atoms with van der Waals surface area (Å²) in [5, 5.41) is 2.62. The number of hydrogen-bond donors (Lipinski definition) is 3. The molecule has 0 fully saturated rings. The normalized spacial score (nSPS) is 13.0. The molecule has 1 aromatic carbocycles. The Kier molecular flexibility index (Phi) is 7.04. The fraction of sp³-hybridized carbons (Fsp3) is 0.176. The first-order valence-corrected chi connectivity index (χ1v) is 8.69. The van der Waals surface area contributed by atoms with E-state index in [2.05, 4.69) is 20.3 Å². The number of benzene rings is 1. The van der Waals surface area contributed by atoms with Gasteiger partial charge in [0.15, 0.2) is 17.6 Å². The highest BCUT2D eigenvalue weighted by atomic mass is 35.5. The van der Waals surface area contributed by atoms with Crippen molar-refractivity contribution in [2.75, 3.05) is 0 Å². The van der Waals surface area contributed by atoms with Gasteiger partial charge >= 0.3 is 6.18 Å². The van der Waals surface area contributed by atoms with Crippen LogP contribution in [-0.2, 0) is 6.18 Å². The number of aromatic nitrogens is 1. The Bertz CT molecular complexity index is 957. The molecule has 12 heteroatoms. The molecule has 0 aliphatic rings. The first-order chi connectivity index (χ1) is 13.5. The van der Waals surface area contributed by atoms with Crippen LogP contribution in [0.25, 0.3) is 0 Å². The average molecular weight is 447 g/mol. The molecule has 7 nitrogen and oxygen atoms in total. The van der Waals surface area contributed by atoms with E-state index in [1.54, 1.807) is 0 Å². The van der Waals surface area contributed by atoms with E-state index in [0.29, 0.717) is 11.1 Å². The molecular weight excluding hydrogens is 432 g/mol. The first kappa shape index (κ1) is 22.4. The summed E-state index contributed by atoms with van der Waals surface area (Å²) < 4.78 is 38.8. The van der Waals surface area contributed by atoms with E-state index in [9.17, 15) is 18.0 Å². The van der Waals surface area contributed by atoms with E-state index < -0.39 is 23.7 Å². The topological polar surface area (TPSA) is 119 Å². The minimum absolute atomic E-state index is 0.0220. The standard InChI is InChI=1S/C17H15Cl2F3N6O/c1-8(14(28-16(23)24)27-13-3-2-11(18)7-25-13)26-15(29)9-4-10(17(20,21)22)6-12(19)5-9/h2-8H,1H3,(H,26,29)(H4,23,24,25,27,28). The molecule has 0 spiro atoms. The molecule has 1 atom stereocenters. The van der Waals surface area contributed by atoms with Gasteiger partial charge < -0.3 is 16.8 Å². The maximum atomic E-state index is 12.9. The molecule has 0 saturated carbocycles. The van der Waals surface area contributed by atoms with Gasteiger partial charge in [0.25, 0.3) is 5.91 Å².